The van der Waals surface area contributed by atoms with E-state index in [1.54, 1.807) is 6.92 Å². The first kappa shape index (κ1) is 7.43. The van der Waals surface area contributed by atoms with E-state index in [0.29, 0.717) is 6.42 Å². The van der Waals surface area contributed by atoms with Crippen molar-refractivity contribution in [2.45, 2.75) is 25.9 Å². The van der Waals surface area contributed by atoms with E-state index < -0.39 is 12.1 Å². The van der Waals surface area contributed by atoms with Gasteiger partial charge in [-0.25, -0.2) is 0 Å². The van der Waals surface area contributed by atoms with Gasteiger partial charge in [0, 0.05) is 12.4 Å². The number of carboxylic acids is 1. The van der Waals surface area contributed by atoms with E-state index in [9.17, 15) is 9.90 Å². The molecule has 0 heterocycles. The van der Waals surface area contributed by atoms with Crippen LogP contribution in [0.3, 0.4) is 0 Å². The van der Waals surface area contributed by atoms with E-state index in [1.165, 1.54) is 0 Å². The van der Waals surface area contributed by atoms with Crippen molar-refractivity contribution in [3.8, 4) is 0 Å². The molecule has 0 spiro atoms. The molecule has 0 bridgehead atoms. The summed E-state index contributed by atoms with van der Waals surface area (Å²) in [5, 5.41) is 18.3. The van der Waals surface area contributed by atoms with Crippen LogP contribution in [0.5, 0.6) is 0 Å². The zero-order chi connectivity index (χ0) is 6.57. The third-order valence-electron chi connectivity index (χ3n) is 0.874. The van der Waals surface area contributed by atoms with Crippen LogP contribution < -0.4 is 5.11 Å². The van der Waals surface area contributed by atoms with Gasteiger partial charge in [0.2, 0.25) is 0 Å². The van der Waals surface area contributed by atoms with Crippen LogP contribution in [-0.4, -0.2) is 17.2 Å². The van der Waals surface area contributed by atoms with Gasteiger partial charge in [0.1, 0.15) is 0 Å². The number of carbonyl (C=O) groups is 1. The average molecular weight is 117 g/mol. The maximum atomic E-state index is 9.70. The summed E-state index contributed by atoms with van der Waals surface area (Å²) in [4.78, 5) is 9.70. The maximum absolute atomic E-state index is 9.70. The topological polar surface area (TPSA) is 60.4 Å². The number of aliphatic hydroxyl groups excluding tert-OH is 1. The number of carbonyl (C=O) groups excluding carboxylic acids is 1. The monoisotopic (exact) mass is 117 g/mol. The summed E-state index contributed by atoms with van der Waals surface area (Å²) in [6.07, 6.45) is -0.523. The minimum Gasteiger partial charge on any atom is -0.550 e. The molecule has 3 nitrogen and oxygen atoms in total. The van der Waals surface area contributed by atoms with Gasteiger partial charge in [-0.15, -0.1) is 0 Å². The zero-order valence-corrected chi connectivity index (χ0v) is 4.76. The van der Waals surface area contributed by atoms with Crippen molar-refractivity contribution in [3.05, 3.63) is 0 Å². The van der Waals surface area contributed by atoms with E-state index in [-0.39, 0.29) is 6.42 Å². The Hall–Kier alpha value is -0.570. The molecule has 0 aliphatic carbocycles. The first-order chi connectivity index (χ1) is 3.66. The summed E-state index contributed by atoms with van der Waals surface area (Å²) in [5.41, 5.74) is 0. The highest BCUT2D eigenvalue weighted by atomic mass is 16.4. The number of aliphatic carboxylic acids is 1. The quantitative estimate of drug-likeness (QED) is 0.510. The van der Waals surface area contributed by atoms with Gasteiger partial charge in [-0.05, 0) is 6.42 Å². The lowest BCUT2D eigenvalue weighted by atomic mass is 10.2. The molecule has 0 aliphatic heterocycles. The lowest BCUT2D eigenvalue weighted by Crippen LogP contribution is -2.26. The van der Waals surface area contributed by atoms with Crippen molar-refractivity contribution in [2.24, 2.45) is 0 Å². The molecule has 1 atom stereocenters. The molecule has 0 aromatic heterocycles. The van der Waals surface area contributed by atoms with E-state index in [0.717, 1.165) is 0 Å². The van der Waals surface area contributed by atoms with Crippen LogP contribution in [0, 0.1) is 0 Å². The third kappa shape index (κ3) is 3.61. The van der Waals surface area contributed by atoms with Crippen molar-refractivity contribution in [2.75, 3.05) is 0 Å². The molecule has 3 heteroatoms. The standard InChI is InChI=1S/C5H10O3/c1-2-4(6)3-5(7)8/h4,6H,2-3H2,1H3,(H,7,8)/p-1. The second kappa shape index (κ2) is 3.43. The molecule has 1 unspecified atom stereocenters. The molecule has 0 aromatic carbocycles. The molecule has 0 amide bonds. The van der Waals surface area contributed by atoms with Crippen LogP contribution >= 0.6 is 0 Å². The van der Waals surface area contributed by atoms with Crippen LogP contribution in [0.15, 0.2) is 0 Å². The molecule has 48 valence electrons. The minimum atomic E-state index is -1.20. The Bertz CT molecular complexity index is 79.7. The summed E-state index contributed by atoms with van der Waals surface area (Å²) >= 11 is 0. The molecular formula is C5H9O3-. The number of hydrogen-bond donors (Lipinski definition) is 1. The molecule has 0 rings (SSSR count). The molecule has 0 saturated carbocycles. The second-order valence-electron chi connectivity index (χ2n) is 1.64. The molecule has 0 aliphatic rings. The molecule has 0 radical (unpaired) electrons. The largest absolute Gasteiger partial charge is 0.550 e. The SMILES string of the molecule is CCC(O)CC(=O)[O-]. The van der Waals surface area contributed by atoms with Crippen LogP contribution in [0.2, 0.25) is 0 Å². The molecule has 0 aromatic rings. The predicted octanol–water partition coefficient (Wildman–Crippen LogP) is -1.10. The summed E-state index contributed by atoms with van der Waals surface area (Å²) in [7, 11) is 0. The van der Waals surface area contributed by atoms with Gasteiger partial charge in [-0.3, -0.25) is 0 Å². The fourth-order valence-corrected chi connectivity index (χ4v) is 0.337. The van der Waals surface area contributed by atoms with Crippen LogP contribution in [0.1, 0.15) is 19.8 Å². The van der Waals surface area contributed by atoms with Gasteiger partial charge in [0.05, 0.1) is 6.10 Å². The summed E-state index contributed by atoms with van der Waals surface area (Å²) in [6, 6.07) is 0. The molecule has 0 fully saturated rings. The summed E-state index contributed by atoms with van der Waals surface area (Å²) < 4.78 is 0. The lowest BCUT2D eigenvalue weighted by Gasteiger charge is -2.06. The van der Waals surface area contributed by atoms with Crippen LogP contribution in [0.25, 0.3) is 0 Å². The average Bonchev–Trinajstić information content (AvgIpc) is 1.65. The van der Waals surface area contributed by atoms with Crippen molar-refractivity contribution >= 4 is 5.97 Å². The zero-order valence-electron chi connectivity index (χ0n) is 4.76. The van der Waals surface area contributed by atoms with Gasteiger partial charge in [-0.1, -0.05) is 6.92 Å². The molecular weight excluding hydrogens is 108 g/mol. The molecule has 8 heavy (non-hydrogen) atoms. The van der Waals surface area contributed by atoms with E-state index >= 15 is 0 Å². The van der Waals surface area contributed by atoms with E-state index in [2.05, 4.69) is 0 Å². The Morgan fingerprint density at radius 2 is 2.38 bits per heavy atom. The van der Waals surface area contributed by atoms with Crippen molar-refractivity contribution in [1.29, 1.82) is 0 Å². The van der Waals surface area contributed by atoms with Gasteiger partial charge in [0.25, 0.3) is 0 Å². The van der Waals surface area contributed by atoms with Crippen molar-refractivity contribution < 1.29 is 15.0 Å². The van der Waals surface area contributed by atoms with Gasteiger partial charge >= 0.3 is 0 Å². The van der Waals surface area contributed by atoms with Crippen LogP contribution in [-0.2, 0) is 4.79 Å². The van der Waals surface area contributed by atoms with Crippen molar-refractivity contribution in [1.82, 2.24) is 0 Å². The Morgan fingerprint density at radius 1 is 1.88 bits per heavy atom. The van der Waals surface area contributed by atoms with Gasteiger partial charge in [-0.2, -0.15) is 0 Å². The smallest absolute Gasteiger partial charge is 0.0589 e. The Kier molecular flexibility index (Phi) is 3.19. The van der Waals surface area contributed by atoms with Crippen molar-refractivity contribution in [3.63, 3.8) is 0 Å². The predicted molar refractivity (Wildman–Crippen MR) is 25.9 cm³/mol. The van der Waals surface area contributed by atoms with Crippen LogP contribution in [0.4, 0.5) is 0 Å². The molecule has 1 N–H and O–H groups in total. The second-order valence-corrected chi connectivity index (χ2v) is 1.64. The number of rotatable bonds is 3. The molecule has 0 saturated heterocycles. The van der Waals surface area contributed by atoms with Gasteiger partial charge in [0.15, 0.2) is 0 Å². The number of aliphatic hydroxyl groups is 1. The first-order valence-electron chi connectivity index (χ1n) is 2.54. The highest BCUT2D eigenvalue weighted by molar-refractivity contribution is 5.64. The lowest BCUT2D eigenvalue weighted by molar-refractivity contribution is -0.307. The fourth-order valence-electron chi connectivity index (χ4n) is 0.337. The number of hydrogen-bond acceptors (Lipinski definition) is 3. The Labute approximate surface area is 47.9 Å². The number of carboxylic acid groups (broad SMARTS) is 1. The van der Waals surface area contributed by atoms with Gasteiger partial charge < -0.3 is 15.0 Å². The normalized spacial score (nSPS) is 13.2. The minimum absolute atomic E-state index is 0.253. The maximum Gasteiger partial charge on any atom is 0.0589 e. The third-order valence-corrected chi connectivity index (χ3v) is 0.874. The van der Waals surface area contributed by atoms with E-state index in [4.69, 9.17) is 5.11 Å². The summed E-state index contributed by atoms with van der Waals surface area (Å²) in [5.74, 6) is -1.20. The Morgan fingerprint density at radius 3 is 2.50 bits per heavy atom. The summed E-state index contributed by atoms with van der Waals surface area (Å²) in [6.45, 7) is 1.72. The fraction of sp³-hybridized carbons (Fsp3) is 0.800. The Balaban J connectivity index is 3.24. The highest BCUT2D eigenvalue weighted by Gasteiger charge is 1.98. The van der Waals surface area contributed by atoms with E-state index in [1.807, 2.05) is 0 Å². The highest BCUT2D eigenvalue weighted by Crippen LogP contribution is 1.93. The first-order valence-corrected chi connectivity index (χ1v) is 2.54.